The van der Waals surface area contributed by atoms with Crippen LogP contribution in [-0.2, 0) is 15.0 Å². The second kappa shape index (κ2) is 12.4. The van der Waals surface area contributed by atoms with E-state index in [9.17, 15) is 14.4 Å². The average molecular weight is 610 g/mol. The molecule has 4 aromatic carbocycles. The Bertz CT molecular complexity index is 1930. The van der Waals surface area contributed by atoms with E-state index in [0.717, 1.165) is 44.4 Å². The molecule has 0 atom stereocenters. The molecule has 0 spiro atoms. The maximum Gasteiger partial charge on any atom is 0.335 e. The summed E-state index contributed by atoms with van der Waals surface area (Å²) in [6.45, 7) is 8.77. The van der Waals surface area contributed by atoms with E-state index in [2.05, 4.69) is 30.7 Å². The van der Waals surface area contributed by atoms with Crippen LogP contribution in [0, 0.1) is 0 Å². The van der Waals surface area contributed by atoms with Gasteiger partial charge in [0.1, 0.15) is 11.3 Å². The molecule has 46 heavy (non-hydrogen) atoms. The van der Waals surface area contributed by atoms with Gasteiger partial charge in [-0.2, -0.15) is 0 Å². The van der Waals surface area contributed by atoms with Gasteiger partial charge in [0.2, 0.25) is 0 Å². The molecule has 1 aromatic heterocycles. The Kier molecular flexibility index (Phi) is 8.16. The summed E-state index contributed by atoms with van der Waals surface area (Å²) in [6.07, 6.45) is 1.58. The lowest BCUT2D eigenvalue weighted by Crippen LogP contribution is -2.54. The van der Waals surface area contributed by atoms with Gasteiger partial charge < -0.3 is 9.30 Å². The second-order valence-electron chi connectivity index (χ2n) is 12.1. The Morgan fingerprint density at radius 1 is 0.739 bits per heavy atom. The van der Waals surface area contributed by atoms with Crippen LogP contribution in [0.2, 0.25) is 0 Å². The third-order valence-electron chi connectivity index (χ3n) is 7.95. The zero-order valence-corrected chi connectivity index (χ0v) is 26.3. The Hall–Kier alpha value is -5.69. The van der Waals surface area contributed by atoms with Gasteiger partial charge in [0.15, 0.2) is 0 Å². The molecule has 230 valence electrons. The second-order valence-corrected chi connectivity index (χ2v) is 12.1. The van der Waals surface area contributed by atoms with Gasteiger partial charge in [-0.3, -0.25) is 14.9 Å². The number of benzene rings is 4. The summed E-state index contributed by atoms with van der Waals surface area (Å²) in [7, 11) is 0. The van der Waals surface area contributed by atoms with Gasteiger partial charge in [-0.05, 0) is 77.6 Å². The number of barbiturate groups is 1. The van der Waals surface area contributed by atoms with Gasteiger partial charge in [-0.15, -0.1) is 0 Å². The van der Waals surface area contributed by atoms with Gasteiger partial charge in [0.05, 0.1) is 23.7 Å². The Morgan fingerprint density at radius 2 is 1.33 bits per heavy atom. The zero-order valence-electron chi connectivity index (χ0n) is 26.3. The molecule has 0 aliphatic carbocycles. The SMILES string of the molecule is CCOc1ccc(-n2c(-c3ccccc3)cc(/C=C3/C(=O)NC(=O)N(c4ccc(C(C)(C)C)cc4)C3=O)c2-c2ccccc2)cc1. The molecule has 1 fully saturated rings. The summed E-state index contributed by atoms with van der Waals surface area (Å²) in [5, 5.41) is 2.37. The van der Waals surface area contributed by atoms with Crippen molar-refractivity contribution in [1.29, 1.82) is 0 Å². The number of hydrogen-bond donors (Lipinski definition) is 1. The molecule has 0 unspecified atom stereocenters. The van der Waals surface area contributed by atoms with Gasteiger partial charge in [0, 0.05) is 11.3 Å². The molecule has 0 bridgehead atoms. The van der Waals surface area contributed by atoms with Crippen LogP contribution in [0.25, 0.3) is 34.3 Å². The number of anilines is 1. The molecule has 4 amide bonds. The molecule has 0 saturated carbocycles. The van der Waals surface area contributed by atoms with E-state index in [0.29, 0.717) is 17.9 Å². The number of rotatable bonds is 7. The number of urea groups is 1. The number of nitrogens with one attached hydrogen (secondary N) is 1. The minimum Gasteiger partial charge on any atom is -0.494 e. The van der Waals surface area contributed by atoms with Crippen LogP contribution in [0.15, 0.2) is 121 Å². The number of aromatic nitrogens is 1. The van der Waals surface area contributed by atoms with Crippen LogP contribution in [-0.4, -0.2) is 29.0 Å². The Labute approximate surface area is 268 Å². The maximum absolute atomic E-state index is 14.0. The summed E-state index contributed by atoms with van der Waals surface area (Å²) in [5.41, 5.74) is 6.22. The fourth-order valence-electron chi connectivity index (χ4n) is 5.64. The van der Waals surface area contributed by atoms with Crippen molar-refractivity contribution in [1.82, 2.24) is 9.88 Å². The van der Waals surface area contributed by atoms with E-state index in [-0.39, 0.29) is 11.0 Å². The first-order valence-corrected chi connectivity index (χ1v) is 15.3. The summed E-state index contributed by atoms with van der Waals surface area (Å²) in [5.74, 6) is -0.675. The van der Waals surface area contributed by atoms with Crippen LogP contribution in [0.3, 0.4) is 0 Å². The van der Waals surface area contributed by atoms with E-state index in [4.69, 9.17) is 4.74 Å². The highest BCUT2D eigenvalue weighted by molar-refractivity contribution is 6.39. The van der Waals surface area contributed by atoms with Crippen molar-refractivity contribution in [3.05, 3.63) is 132 Å². The minimum atomic E-state index is -0.782. The van der Waals surface area contributed by atoms with Crippen LogP contribution in [0.5, 0.6) is 5.75 Å². The highest BCUT2D eigenvalue weighted by Gasteiger charge is 2.37. The first-order valence-electron chi connectivity index (χ1n) is 15.3. The zero-order chi connectivity index (χ0) is 32.4. The number of ether oxygens (including phenoxy) is 1. The number of nitrogens with zero attached hydrogens (tertiary/aromatic N) is 2. The minimum absolute atomic E-state index is 0.103. The lowest BCUT2D eigenvalue weighted by atomic mass is 9.87. The number of amides is 4. The van der Waals surface area contributed by atoms with Crippen LogP contribution in [0.1, 0.15) is 38.8 Å². The molecular weight excluding hydrogens is 574 g/mol. The highest BCUT2D eigenvalue weighted by atomic mass is 16.5. The number of hydrogen-bond acceptors (Lipinski definition) is 4. The molecule has 1 saturated heterocycles. The van der Waals surface area contributed by atoms with Gasteiger partial charge in [-0.25, -0.2) is 9.69 Å². The largest absolute Gasteiger partial charge is 0.494 e. The van der Waals surface area contributed by atoms with Crippen molar-refractivity contribution >= 4 is 29.6 Å². The molecule has 2 heterocycles. The summed E-state index contributed by atoms with van der Waals surface area (Å²) >= 11 is 0. The molecule has 1 aliphatic rings. The average Bonchev–Trinajstić information content (AvgIpc) is 3.43. The molecule has 1 N–H and O–H groups in total. The third-order valence-corrected chi connectivity index (χ3v) is 7.95. The molecule has 0 radical (unpaired) electrons. The van der Waals surface area contributed by atoms with Gasteiger partial charge >= 0.3 is 6.03 Å². The van der Waals surface area contributed by atoms with Gasteiger partial charge in [0.25, 0.3) is 11.8 Å². The van der Waals surface area contributed by atoms with E-state index in [1.165, 1.54) is 0 Å². The maximum atomic E-state index is 14.0. The van der Waals surface area contributed by atoms with Crippen molar-refractivity contribution < 1.29 is 19.1 Å². The quantitative estimate of drug-likeness (QED) is 0.149. The van der Waals surface area contributed by atoms with Gasteiger partial charge in [-0.1, -0.05) is 93.6 Å². The Morgan fingerprint density at radius 3 is 1.91 bits per heavy atom. The molecular formula is C39H35N3O4. The van der Waals surface area contributed by atoms with E-state index < -0.39 is 17.8 Å². The normalized spacial score (nSPS) is 14.5. The van der Waals surface area contributed by atoms with Crippen LogP contribution in [0.4, 0.5) is 10.5 Å². The van der Waals surface area contributed by atoms with Crippen molar-refractivity contribution in [3.63, 3.8) is 0 Å². The smallest absolute Gasteiger partial charge is 0.335 e. The first-order chi connectivity index (χ1) is 22.2. The number of imide groups is 2. The Balaban J connectivity index is 1.54. The fraction of sp³-hybridized carbons (Fsp3) is 0.154. The predicted octanol–water partition coefficient (Wildman–Crippen LogP) is 8.17. The van der Waals surface area contributed by atoms with E-state index in [1.54, 1.807) is 18.2 Å². The van der Waals surface area contributed by atoms with E-state index >= 15 is 0 Å². The lowest BCUT2D eigenvalue weighted by molar-refractivity contribution is -0.122. The fourth-order valence-corrected chi connectivity index (χ4v) is 5.64. The summed E-state index contributed by atoms with van der Waals surface area (Å²) in [6, 6.07) is 36.0. The predicted molar refractivity (Wildman–Crippen MR) is 182 cm³/mol. The van der Waals surface area contributed by atoms with E-state index in [1.807, 2.05) is 110 Å². The lowest BCUT2D eigenvalue weighted by Gasteiger charge is -2.27. The van der Waals surface area contributed by atoms with Crippen LogP contribution < -0.4 is 15.0 Å². The van der Waals surface area contributed by atoms with Crippen molar-refractivity contribution in [2.75, 3.05) is 11.5 Å². The number of carbonyl (C=O) groups is 3. The summed E-state index contributed by atoms with van der Waals surface area (Å²) in [4.78, 5) is 41.3. The highest BCUT2D eigenvalue weighted by Crippen LogP contribution is 2.38. The topological polar surface area (TPSA) is 80.6 Å². The van der Waals surface area contributed by atoms with Crippen molar-refractivity contribution in [2.24, 2.45) is 0 Å². The molecule has 7 heteroatoms. The third kappa shape index (κ3) is 5.87. The summed E-state index contributed by atoms with van der Waals surface area (Å²) < 4.78 is 7.82. The van der Waals surface area contributed by atoms with Crippen molar-refractivity contribution in [3.8, 4) is 34.0 Å². The molecule has 1 aliphatic heterocycles. The standard InChI is InChI=1S/C39H35N3O4/c1-5-46-32-22-20-30(21-23-32)41-34(26-12-8-6-9-13-26)25-28(35(41)27-14-10-7-11-15-27)24-33-36(43)40-38(45)42(37(33)44)31-18-16-29(17-19-31)39(2,3)4/h6-25H,5H2,1-4H3,(H,40,43,45)/b33-24-. The van der Waals surface area contributed by atoms with Crippen molar-refractivity contribution in [2.45, 2.75) is 33.1 Å². The van der Waals surface area contributed by atoms with Crippen LogP contribution >= 0.6 is 0 Å². The molecule has 7 nitrogen and oxygen atoms in total. The number of carbonyl (C=O) groups excluding carboxylic acids is 3. The monoisotopic (exact) mass is 609 g/mol. The molecule has 5 aromatic rings. The first kappa shape index (κ1) is 30.3. The molecule has 6 rings (SSSR count).